The number of aromatic nitrogens is 1. The van der Waals surface area contributed by atoms with Gasteiger partial charge in [-0.3, -0.25) is 4.79 Å². The number of rotatable bonds is 8. The molecule has 1 unspecified atom stereocenters. The summed E-state index contributed by atoms with van der Waals surface area (Å²) in [6.45, 7) is 0.524. The molecule has 0 radical (unpaired) electrons. The van der Waals surface area contributed by atoms with Crippen molar-refractivity contribution in [2.75, 3.05) is 6.54 Å². The fourth-order valence-electron chi connectivity index (χ4n) is 3.75. The first kappa shape index (κ1) is 18.6. The summed E-state index contributed by atoms with van der Waals surface area (Å²) >= 11 is 0. The van der Waals surface area contributed by atoms with Crippen molar-refractivity contribution in [3.63, 3.8) is 0 Å². The standard InChI is InChI=1S/C21H29N3O2/c22-14-18(16-8-3-1-4-9-16)24-20(25)12-7-13-21-23-15-19(26-21)17-10-5-2-6-11-17/h2,5-6,10-11,15-16,18H,1,3-4,7-9,12-14,22H2,(H,24,25). The molecule has 1 aliphatic rings. The second-order valence-electron chi connectivity index (χ2n) is 7.15. The Morgan fingerprint density at radius 3 is 2.73 bits per heavy atom. The molecule has 0 bridgehead atoms. The highest BCUT2D eigenvalue weighted by atomic mass is 16.4. The molecule has 3 N–H and O–H groups in total. The largest absolute Gasteiger partial charge is 0.441 e. The summed E-state index contributed by atoms with van der Waals surface area (Å²) in [7, 11) is 0. The number of nitrogens with one attached hydrogen (secondary N) is 1. The van der Waals surface area contributed by atoms with Crippen LogP contribution in [0.15, 0.2) is 40.9 Å². The topological polar surface area (TPSA) is 81.1 Å². The van der Waals surface area contributed by atoms with Crippen LogP contribution in [0.2, 0.25) is 0 Å². The molecule has 1 aromatic carbocycles. The Balaban J connectivity index is 1.43. The molecule has 1 amide bonds. The Bertz CT molecular complexity index is 678. The van der Waals surface area contributed by atoms with Crippen molar-refractivity contribution in [1.29, 1.82) is 0 Å². The van der Waals surface area contributed by atoms with Gasteiger partial charge >= 0.3 is 0 Å². The minimum absolute atomic E-state index is 0.0841. The lowest BCUT2D eigenvalue weighted by atomic mass is 9.84. The summed E-state index contributed by atoms with van der Waals surface area (Å²) in [6.07, 6.45) is 9.80. The van der Waals surface area contributed by atoms with Gasteiger partial charge in [-0.2, -0.15) is 0 Å². The van der Waals surface area contributed by atoms with Gasteiger partial charge in [0.05, 0.1) is 6.20 Å². The van der Waals surface area contributed by atoms with Gasteiger partial charge in [-0.15, -0.1) is 0 Å². The van der Waals surface area contributed by atoms with E-state index in [2.05, 4.69) is 10.3 Å². The van der Waals surface area contributed by atoms with Crippen molar-refractivity contribution >= 4 is 5.91 Å². The van der Waals surface area contributed by atoms with Crippen LogP contribution in [0.1, 0.15) is 50.8 Å². The lowest BCUT2D eigenvalue weighted by Gasteiger charge is -2.30. The number of hydrogen-bond donors (Lipinski definition) is 2. The summed E-state index contributed by atoms with van der Waals surface area (Å²) in [5, 5.41) is 3.14. The molecule has 5 heteroatoms. The highest BCUT2D eigenvalue weighted by Crippen LogP contribution is 2.26. The van der Waals surface area contributed by atoms with Crippen LogP contribution in [0.3, 0.4) is 0 Å². The molecule has 2 aromatic rings. The van der Waals surface area contributed by atoms with Crippen molar-refractivity contribution in [2.24, 2.45) is 11.7 Å². The first-order valence-corrected chi connectivity index (χ1v) is 9.76. The molecule has 1 atom stereocenters. The molecular formula is C21H29N3O2. The second-order valence-corrected chi connectivity index (χ2v) is 7.15. The predicted molar refractivity (Wildman–Crippen MR) is 102 cm³/mol. The van der Waals surface area contributed by atoms with Gasteiger partial charge in [0.25, 0.3) is 0 Å². The number of carbonyl (C=O) groups excluding carboxylic acids is 1. The molecule has 1 heterocycles. The van der Waals surface area contributed by atoms with Crippen LogP contribution < -0.4 is 11.1 Å². The monoisotopic (exact) mass is 355 g/mol. The fraction of sp³-hybridized carbons (Fsp3) is 0.524. The van der Waals surface area contributed by atoms with Gasteiger partial charge in [-0.05, 0) is 25.2 Å². The molecule has 0 spiro atoms. The van der Waals surface area contributed by atoms with E-state index in [1.165, 1.54) is 32.1 Å². The van der Waals surface area contributed by atoms with E-state index in [4.69, 9.17) is 10.2 Å². The van der Waals surface area contributed by atoms with Crippen LogP contribution in [-0.4, -0.2) is 23.5 Å². The number of amides is 1. The number of nitrogens with zero attached hydrogens (tertiary/aromatic N) is 1. The maximum Gasteiger partial charge on any atom is 0.220 e. The number of hydrogen-bond acceptors (Lipinski definition) is 4. The van der Waals surface area contributed by atoms with E-state index in [-0.39, 0.29) is 11.9 Å². The molecule has 1 aliphatic carbocycles. The Hall–Kier alpha value is -2.14. The number of carbonyl (C=O) groups is 1. The van der Waals surface area contributed by atoms with Crippen molar-refractivity contribution in [3.05, 3.63) is 42.4 Å². The molecule has 1 aromatic heterocycles. The summed E-state index contributed by atoms with van der Waals surface area (Å²) in [5.41, 5.74) is 6.91. The van der Waals surface area contributed by atoms with Crippen LogP contribution in [-0.2, 0) is 11.2 Å². The third-order valence-electron chi connectivity index (χ3n) is 5.23. The first-order chi connectivity index (χ1) is 12.8. The van der Waals surface area contributed by atoms with E-state index in [0.29, 0.717) is 31.2 Å². The lowest BCUT2D eigenvalue weighted by Crippen LogP contribution is -2.45. The molecule has 0 aliphatic heterocycles. The molecule has 3 rings (SSSR count). The molecule has 1 fully saturated rings. The third-order valence-corrected chi connectivity index (χ3v) is 5.23. The van der Waals surface area contributed by atoms with Gasteiger partial charge in [0.2, 0.25) is 5.91 Å². The van der Waals surface area contributed by atoms with E-state index >= 15 is 0 Å². The molecule has 1 saturated carbocycles. The third kappa shape index (κ3) is 5.18. The van der Waals surface area contributed by atoms with E-state index < -0.39 is 0 Å². The zero-order valence-corrected chi connectivity index (χ0v) is 15.3. The number of aryl methyl sites for hydroxylation is 1. The Morgan fingerprint density at radius 2 is 2.00 bits per heavy atom. The molecule has 140 valence electrons. The van der Waals surface area contributed by atoms with Gasteiger partial charge in [-0.25, -0.2) is 4.98 Å². The average molecular weight is 355 g/mol. The van der Waals surface area contributed by atoms with E-state index in [0.717, 1.165) is 17.7 Å². The van der Waals surface area contributed by atoms with E-state index in [1.54, 1.807) is 6.20 Å². The lowest BCUT2D eigenvalue weighted by molar-refractivity contribution is -0.122. The highest BCUT2D eigenvalue weighted by molar-refractivity contribution is 5.76. The van der Waals surface area contributed by atoms with Gasteiger partial charge in [0.15, 0.2) is 11.7 Å². The maximum absolute atomic E-state index is 12.3. The van der Waals surface area contributed by atoms with Gasteiger partial charge in [-0.1, -0.05) is 49.6 Å². The molecule has 0 saturated heterocycles. The predicted octanol–water partition coefficient (Wildman–Crippen LogP) is 3.69. The van der Waals surface area contributed by atoms with Crippen LogP contribution in [0.4, 0.5) is 0 Å². The first-order valence-electron chi connectivity index (χ1n) is 9.76. The van der Waals surface area contributed by atoms with Crippen molar-refractivity contribution in [3.8, 4) is 11.3 Å². The number of oxazole rings is 1. The normalized spacial score (nSPS) is 16.3. The fourth-order valence-corrected chi connectivity index (χ4v) is 3.75. The number of benzene rings is 1. The highest BCUT2D eigenvalue weighted by Gasteiger charge is 2.23. The Morgan fingerprint density at radius 1 is 1.23 bits per heavy atom. The minimum atomic E-state index is 0.0841. The zero-order valence-electron chi connectivity index (χ0n) is 15.3. The van der Waals surface area contributed by atoms with E-state index in [9.17, 15) is 4.79 Å². The van der Waals surface area contributed by atoms with Crippen LogP contribution >= 0.6 is 0 Å². The van der Waals surface area contributed by atoms with Crippen LogP contribution in [0.5, 0.6) is 0 Å². The zero-order chi connectivity index (χ0) is 18.2. The summed E-state index contributed by atoms with van der Waals surface area (Å²) in [5.74, 6) is 2.07. The Labute approximate surface area is 155 Å². The van der Waals surface area contributed by atoms with Gasteiger partial charge < -0.3 is 15.5 Å². The molecular weight excluding hydrogens is 326 g/mol. The molecule has 5 nitrogen and oxygen atoms in total. The van der Waals surface area contributed by atoms with Gasteiger partial charge in [0.1, 0.15) is 0 Å². The number of nitrogens with two attached hydrogens (primary N) is 1. The van der Waals surface area contributed by atoms with Crippen molar-refractivity contribution in [1.82, 2.24) is 10.3 Å². The average Bonchev–Trinajstić information content (AvgIpc) is 3.16. The molecule has 26 heavy (non-hydrogen) atoms. The van der Waals surface area contributed by atoms with Gasteiger partial charge in [0, 0.05) is 31.0 Å². The van der Waals surface area contributed by atoms with E-state index in [1.807, 2.05) is 30.3 Å². The summed E-state index contributed by atoms with van der Waals surface area (Å²) in [6, 6.07) is 10.0. The summed E-state index contributed by atoms with van der Waals surface area (Å²) in [4.78, 5) is 16.6. The van der Waals surface area contributed by atoms with Crippen LogP contribution in [0.25, 0.3) is 11.3 Å². The Kier molecular flexibility index (Phi) is 6.83. The SMILES string of the molecule is NCC(NC(=O)CCCc1ncc(-c2ccccc2)o1)C1CCCCC1. The quantitative estimate of drug-likeness (QED) is 0.757. The second kappa shape index (κ2) is 9.53. The van der Waals surface area contributed by atoms with Crippen molar-refractivity contribution < 1.29 is 9.21 Å². The minimum Gasteiger partial charge on any atom is -0.441 e. The maximum atomic E-state index is 12.3. The van der Waals surface area contributed by atoms with Crippen LogP contribution in [0, 0.1) is 5.92 Å². The van der Waals surface area contributed by atoms with Crippen molar-refractivity contribution in [2.45, 2.75) is 57.4 Å². The summed E-state index contributed by atoms with van der Waals surface area (Å²) < 4.78 is 5.79. The smallest absolute Gasteiger partial charge is 0.220 e.